The summed E-state index contributed by atoms with van der Waals surface area (Å²) in [5.41, 5.74) is -0.208. The van der Waals surface area contributed by atoms with Crippen LogP contribution in [0.25, 0.3) is 0 Å². The Bertz CT molecular complexity index is 714. The number of amides is 1. The highest BCUT2D eigenvalue weighted by atomic mass is 79.9. The summed E-state index contributed by atoms with van der Waals surface area (Å²) in [7, 11) is 0. The van der Waals surface area contributed by atoms with Crippen molar-refractivity contribution in [3.63, 3.8) is 0 Å². The van der Waals surface area contributed by atoms with Gasteiger partial charge >= 0.3 is 5.97 Å². The van der Waals surface area contributed by atoms with Gasteiger partial charge in [0, 0.05) is 8.95 Å². The van der Waals surface area contributed by atoms with Crippen molar-refractivity contribution in [2.45, 2.75) is 0 Å². The van der Waals surface area contributed by atoms with Gasteiger partial charge in [0.1, 0.15) is 5.82 Å². The zero-order valence-corrected chi connectivity index (χ0v) is 13.5. The average Bonchev–Trinajstić information content (AvgIpc) is 2.40. The van der Waals surface area contributed by atoms with Crippen molar-refractivity contribution in [3.8, 4) is 0 Å². The first-order valence-electron chi connectivity index (χ1n) is 5.69. The van der Waals surface area contributed by atoms with E-state index in [0.29, 0.717) is 4.47 Å². The number of hydrogen-bond acceptors (Lipinski definition) is 2. The van der Waals surface area contributed by atoms with E-state index in [1.54, 1.807) is 6.07 Å². The Morgan fingerprint density at radius 3 is 2.29 bits per heavy atom. The minimum atomic E-state index is -1.20. The van der Waals surface area contributed by atoms with Crippen molar-refractivity contribution in [2.75, 3.05) is 5.32 Å². The molecule has 0 unspecified atom stereocenters. The molecule has 0 aliphatic carbocycles. The van der Waals surface area contributed by atoms with Gasteiger partial charge in [-0.2, -0.15) is 0 Å². The minimum absolute atomic E-state index is 0.0742. The molecule has 2 aromatic carbocycles. The Labute approximate surface area is 136 Å². The number of rotatable bonds is 3. The molecule has 0 saturated carbocycles. The Morgan fingerprint density at radius 1 is 1.05 bits per heavy atom. The molecule has 0 saturated heterocycles. The monoisotopic (exact) mass is 415 g/mol. The predicted molar refractivity (Wildman–Crippen MR) is 83.2 cm³/mol. The molecule has 1 amide bonds. The summed E-state index contributed by atoms with van der Waals surface area (Å²) in [6, 6.07) is 8.59. The molecule has 0 radical (unpaired) electrons. The van der Waals surface area contributed by atoms with Gasteiger partial charge in [-0.1, -0.05) is 12.1 Å². The summed E-state index contributed by atoms with van der Waals surface area (Å²) in [6.07, 6.45) is 0. The predicted octanol–water partition coefficient (Wildman–Crippen LogP) is 4.30. The van der Waals surface area contributed by atoms with Crippen LogP contribution in [0.3, 0.4) is 0 Å². The largest absolute Gasteiger partial charge is 0.478 e. The number of hydrogen-bond donors (Lipinski definition) is 2. The van der Waals surface area contributed by atoms with Crippen LogP contribution in [0.15, 0.2) is 45.3 Å². The molecule has 0 bridgehead atoms. The van der Waals surface area contributed by atoms with E-state index in [1.165, 1.54) is 24.3 Å². The van der Waals surface area contributed by atoms with Crippen LogP contribution in [0.5, 0.6) is 0 Å². The molecule has 7 heteroatoms. The standard InChI is InChI=1S/C14H8Br2FNO3/c15-8-4-2-6-10(17)11(8)13(19)18-12-7(14(20)21)3-1-5-9(12)16/h1-6H,(H,18,19)(H,20,21). The van der Waals surface area contributed by atoms with E-state index < -0.39 is 17.7 Å². The summed E-state index contributed by atoms with van der Waals surface area (Å²) in [4.78, 5) is 23.4. The molecular weight excluding hydrogens is 409 g/mol. The zero-order valence-electron chi connectivity index (χ0n) is 10.4. The lowest BCUT2D eigenvalue weighted by molar-refractivity contribution is 0.0698. The molecule has 0 heterocycles. The van der Waals surface area contributed by atoms with Crippen molar-refractivity contribution in [1.82, 2.24) is 0 Å². The quantitative estimate of drug-likeness (QED) is 0.783. The lowest BCUT2D eigenvalue weighted by Crippen LogP contribution is -2.17. The van der Waals surface area contributed by atoms with Gasteiger partial charge in [-0.05, 0) is 56.1 Å². The van der Waals surface area contributed by atoms with Crippen LogP contribution in [-0.4, -0.2) is 17.0 Å². The molecular formula is C14H8Br2FNO3. The van der Waals surface area contributed by atoms with Crippen LogP contribution in [0.1, 0.15) is 20.7 Å². The maximum Gasteiger partial charge on any atom is 0.337 e. The van der Waals surface area contributed by atoms with Gasteiger partial charge in [-0.25, -0.2) is 9.18 Å². The van der Waals surface area contributed by atoms with Crippen LogP contribution in [0.4, 0.5) is 10.1 Å². The molecule has 0 fully saturated rings. The first-order valence-corrected chi connectivity index (χ1v) is 7.27. The first kappa shape index (κ1) is 15.7. The Kier molecular flexibility index (Phi) is 4.74. The van der Waals surface area contributed by atoms with Gasteiger partial charge in [0.15, 0.2) is 0 Å². The van der Waals surface area contributed by atoms with Crippen LogP contribution >= 0.6 is 31.9 Å². The fraction of sp³-hybridized carbons (Fsp3) is 0. The van der Waals surface area contributed by atoms with Gasteiger partial charge in [0.25, 0.3) is 5.91 Å². The third kappa shape index (κ3) is 3.30. The van der Waals surface area contributed by atoms with Crippen molar-refractivity contribution in [3.05, 3.63) is 62.3 Å². The zero-order chi connectivity index (χ0) is 15.6. The van der Waals surface area contributed by atoms with Crippen molar-refractivity contribution < 1.29 is 19.1 Å². The molecule has 2 N–H and O–H groups in total. The lowest BCUT2D eigenvalue weighted by Gasteiger charge is -2.12. The molecule has 0 aromatic heterocycles. The highest BCUT2D eigenvalue weighted by molar-refractivity contribution is 9.11. The molecule has 21 heavy (non-hydrogen) atoms. The topological polar surface area (TPSA) is 66.4 Å². The fourth-order valence-corrected chi connectivity index (χ4v) is 2.71. The number of anilines is 1. The third-order valence-corrected chi connectivity index (χ3v) is 3.99. The van der Waals surface area contributed by atoms with Crippen molar-refractivity contribution in [2.24, 2.45) is 0 Å². The molecule has 2 rings (SSSR count). The highest BCUT2D eigenvalue weighted by Gasteiger charge is 2.20. The minimum Gasteiger partial charge on any atom is -0.478 e. The molecule has 0 spiro atoms. The molecule has 2 aromatic rings. The average molecular weight is 417 g/mol. The van der Waals surface area contributed by atoms with E-state index in [2.05, 4.69) is 37.2 Å². The van der Waals surface area contributed by atoms with Gasteiger partial charge in [-0.3, -0.25) is 4.79 Å². The first-order chi connectivity index (χ1) is 9.91. The third-order valence-electron chi connectivity index (χ3n) is 2.67. The molecule has 0 atom stereocenters. The van der Waals surface area contributed by atoms with E-state index in [9.17, 15) is 14.0 Å². The molecule has 4 nitrogen and oxygen atoms in total. The number of aromatic carboxylic acids is 1. The molecule has 0 aliphatic rings. The molecule has 108 valence electrons. The summed E-state index contributed by atoms with van der Waals surface area (Å²) in [5.74, 6) is -2.64. The Hall–Kier alpha value is -1.73. The normalized spacial score (nSPS) is 10.2. The van der Waals surface area contributed by atoms with Gasteiger partial charge in [-0.15, -0.1) is 0 Å². The van der Waals surface area contributed by atoms with Crippen LogP contribution in [-0.2, 0) is 0 Å². The SMILES string of the molecule is O=C(O)c1cccc(Br)c1NC(=O)c1c(F)cccc1Br. The maximum absolute atomic E-state index is 13.7. The van der Waals surface area contributed by atoms with E-state index in [-0.39, 0.29) is 21.3 Å². The van der Waals surface area contributed by atoms with Crippen LogP contribution in [0.2, 0.25) is 0 Å². The van der Waals surface area contributed by atoms with Gasteiger partial charge < -0.3 is 10.4 Å². The Balaban J connectivity index is 2.44. The van der Waals surface area contributed by atoms with Gasteiger partial charge in [0.2, 0.25) is 0 Å². The van der Waals surface area contributed by atoms with Crippen LogP contribution < -0.4 is 5.32 Å². The van der Waals surface area contributed by atoms with E-state index >= 15 is 0 Å². The number of carbonyl (C=O) groups is 2. The number of para-hydroxylation sites is 1. The van der Waals surface area contributed by atoms with Crippen molar-refractivity contribution >= 4 is 49.4 Å². The number of nitrogens with one attached hydrogen (secondary N) is 1. The van der Waals surface area contributed by atoms with Crippen molar-refractivity contribution in [1.29, 1.82) is 0 Å². The lowest BCUT2D eigenvalue weighted by atomic mass is 10.1. The smallest absolute Gasteiger partial charge is 0.337 e. The maximum atomic E-state index is 13.7. The van der Waals surface area contributed by atoms with E-state index in [4.69, 9.17) is 5.11 Å². The van der Waals surface area contributed by atoms with E-state index in [1.807, 2.05) is 0 Å². The number of carboxylic acid groups (broad SMARTS) is 1. The number of carbonyl (C=O) groups excluding carboxylic acids is 1. The van der Waals surface area contributed by atoms with Crippen LogP contribution in [0, 0.1) is 5.82 Å². The second kappa shape index (κ2) is 6.36. The summed E-state index contributed by atoms with van der Waals surface area (Å²) >= 11 is 6.27. The summed E-state index contributed by atoms with van der Waals surface area (Å²) in [5, 5.41) is 11.5. The number of halogens is 3. The molecule has 0 aliphatic heterocycles. The fourth-order valence-electron chi connectivity index (χ4n) is 1.72. The summed E-state index contributed by atoms with van der Waals surface area (Å²) < 4.78 is 14.4. The second-order valence-corrected chi connectivity index (χ2v) is 5.73. The highest BCUT2D eigenvalue weighted by Crippen LogP contribution is 2.28. The number of carboxylic acids is 1. The van der Waals surface area contributed by atoms with E-state index in [0.717, 1.165) is 6.07 Å². The Morgan fingerprint density at radius 2 is 1.67 bits per heavy atom. The summed E-state index contributed by atoms with van der Waals surface area (Å²) in [6.45, 7) is 0. The van der Waals surface area contributed by atoms with Gasteiger partial charge in [0.05, 0.1) is 16.8 Å². The second-order valence-electron chi connectivity index (χ2n) is 4.02. The number of benzene rings is 2.